The van der Waals surface area contributed by atoms with Crippen molar-refractivity contribution in [2.75, 3.05) is 11.9 Å². The molecule has 35 heavy (non-hydrogen) atoms. The Morgan fingerprint density at radius 2 is 1.97 bits per heavy atom. The summed E-state index contributed by atoms with van der Waals surface area (Å²) in [6.07, 6.45) is 1.37. The topological polar surface area (TPSA) is 96.1 Å². The lowest BCUT2D eigenvalue weighted by Gasteiger charge is -2.22. The Hall–Kier alpha value is -3.39. The number of thiophene rings is 1. The first-order valence-corrected chi connectivity index (χ1v) is 12.2. The van der Waals surface area contributed by atoms with Gasteiger partial charge in [-0.15, -0.1) is 0 Å². The highest BCUT2D eigenvalue weighted by molar-refractivity contribution is 7.10. The van der Waals surface area contributed by atoms with E-state index in [0.717, 1.165) is 23.3 Å². The Kier molecular flexibility index (Phi) is 5.48. The number of hydrogen-bond acceptors (Lipinski definition) is 7. The van der Waals surface area contributed by atoms with Crippen molar-refractivity contribution in [1.29, 1.82) is 0 Å². The maximum Gasteiger partial charge on any atom is 0.209 e. The number of halogens is 2. The molecule has 7 nitrogen and oxygen atoms in total. The fourth-order valence-corrected chi connectivity index (χ4v) is 5.52. The molecule has 0 spiro atoms. The van der Waals surface area contributed by atoms with Crippen LogP contribution in [0.25, 0.3) is 11.2 Å². The minimum Gasteiger partial charge on any atom is -0.390 e. The average molecular weight is 494 g/mol. The zero-order valence-electron chi connectivity index (χ0n) is 18.4. The molecule has 178 valence electrons. The van der Waals surface area contributed by atoms with Crippen LogP contribution in [0.15, 0.2) is 42.7 Å². The number of aliphatic hydroxyl groups is 2. The van der Waals surface area contributed by atoms with Crippen molar-refractivity contribution in [3.05, 3.63) is 69.9 Å². The maximum atomic E-state index is 13.5. The van der Waals surface area contributed by atoms with Crippen LogP contribution < -0.4 is 5.32 Å². The van der Waals surface area contributed by atoms with Gasteiger partial charge in [0.05, 0.1) is 23.4 Å². The summed E-state index contributed by atoms with van der Waals surface area (Å²) in [4.78, 5) is 14.2. The molecule has 0 radical (unpaired) electrons. The van der Waals surface area contributed by atoms with Gasteiger partial charge in [0.25, 0.3) is 0 Å². The third-order valence-electron chi connectivity index (χ3n) is 6.68. The zero-order chi connectivity index (χ0) is 24.1. The highest BCUT2D eigenvalue weighted by atomic mass is 32.1. The van der Waals surface area contributed by atoms with Crippen molar-refractivity contribution in [3.63, 3.8) is 0 Å². The minimum absolute atomic E-state index is 0.0890. The molecular formula is C25H21F2N5O2S. The van der Waals surface area contributed by atoms with Crippen LogP contribution in [0.5, 0.6) is 0 Å². The molecule has 3 aromatic heterocycles. The van der Waals surface area contributed by atoms with E-state index in [1.54, 1.807) is 23.0 Å². The lowest BCUT2D eigenvalue weighted by atomic mass is 10.1. The normalized spacial score (nSPS) is 24.7. The van der Waals surface area contributed by atoms with Gasteiger partial charge in [-0.2, -0.15) is 4.39 Å². The molecule has 10 heteroatoms. The second kappa shape index (κ2) is 8.68. The molecule has 2 aliphatic rings. The molecule has 3 N–H and O–H groups in total. The predicted octanol–water partition coefficient (Wildman–Crippen LogP) is 3.13. The fourth-order valence-electron chi connectivity index (χ4n) is 4.93. The second-order valence-electron chi connectivity index (χ2n) is 8.92. The SMILES string of the molecule is O[C@@H]1[C@H](O)[C@@H]2C[C@@H]2[C@H]1n1cnc2c(NCCc3cccc(F)c3)nc(C#Cc3ccc(F)s3)nc21. The highest BCUT2D eigenvalue weighted by Gasteiger charge is 2.60. The number of aliphatic hydroxyl groups excluding tert-OH is 2. The van der Waals surface area contributed by atoms with Crippen molar-refractivity contribution >= 4 is 28.3 Å². The lowest BCUT2D eigenvalue weighted by Crippen LogP contribution is -2.31. The number of aromatic nitrogens is 4. The van der Waals surface area contributed by atoms with E-state index in [1.807, 2.05) is 6.07 Å². The molecule has 0 unspecified atom stereocenters. The Labute approximate surface area is 203 Å². The van der Waals surface area contributed by atoms with Crippen LogP contribution in [-0.4, -0.2) is 48.5 Å². The number of anilines is 1. The monoisotopic (exact) mass is 493 g/mol. The van der Waals surface area contributed by atoms with Gasteiger partial charge in [0.1, 0.15) is 11.9 Å². The molecular weight excluding hydrogens is 472 g/mol. The molecule has 6 rings (SSSR count). The van der Waals surface area contributed by atoms with Gasteiger partial charge in [0, 0.05) is 6.54 Å². The third kappa shape index (κ3) is 4.16. The molecule has 5 atom stereocenters. The minimum atomic E-state index is -0.904. The first-order chi connectivity index (χ1) is 17.0. The standard InChI is InChI=1S/C25H21F2N5O2S/c26-14-3-1-2-13(10-14)8-9-28-24-20-25(31-19(30-24)7-5-15-4-6-18(27)35-15)32(12-29-20)21-16-11-17(16)22(33)23(21)34/h1-4,6,10,12,16-17,21-23,33-34H,8-9,11H2,(H,28,30,31)/t16-,17+,21+,22+,23-/m0/s1. The molecule has 4 aromatic rings. The van der Waals surface area contributed by atoms with Crippen LogP contribution in [0.1, 0.15) is 28.7 Å². The number of rotatable bonds is 5. The Balaban J connectivity index is 1.35. The van der Waals surface area contributed by atoms with Crippen molar-refractivity contribution in [2.24, 2.45) is 11.8 Å². The summed E-state index contributed by atoms with van der Waals surface area (Å²) in [5.74, 6) is 6.45. The number of hydrogen-bond donors (Lipinski definition) is 3. The molecule has 2 saturated carbocycles. The quantitative estimate of drug-likeness (QED) is 0.370. The number of fused-ring (bicyclic) bond motifs is 2. The summed E-state index contributed by atoms with van der Waals surface area (Å²) in [5.41, 5.74) is 1.86. The number of imidazole rings is 1. The summed E-state index contributed by atoms with van der Waals surface area (Å²) >= 11 is 0.939. The van der Waals surface area contributed by atoms with E-state index >= 15 is 0 Å². The van der Waals surface area contributed by atoms with E-state index < -0.39 is 12.2 Å². The van der Waals surface area contributed by atoms with E-state index in [0.29, 0.717) is 34.8 Å². The van der Waals surface area contributed by atoms with Crippen LogP contribution in [0, 0.1) is 34.6 Å². The Morgan fingerprint density at radius 1 is 1.09 bits per heavy atom. The van der Waals surface area contributed by atoms with Crippen LogP contribution in [0.4, 0.5) is 14.6 Å². The molecule has 0 bridgehead atoms. The number of benzene rings is 1. The summed E-state index contributed by atoms with van der Waals surface area (Å²) in [7, 11) is 0. The largest absolute Gasteiger partial charge is 0.390 e. The van der Waals surface area contributed by atoms with Gasteiger partial charge in [-0.05, 0) is 66.3 Å². The van der Waals surface area contributed by atoms with Gasteiger partial charge < -0.3 is 20.1 Å². The second-order valence-corrected chi connectivity index (χ2v) is 9.95. The van der Waals surface area contributed by atoms with E-state index in [2.05, 4.69) is 32.1 Å². The lowest BCUT2D eigenvalue weighted by molar-refractivity contribution is 0.00386. The van der Waals surface area contributed by atoms with E-state index in [9.17, 15) is 19.0 Å². The average Bonchev–Trinajstić information content (AvgIpc) is 3.20. The molecule has 0 amide bonds. The van der Waals surface area contributed by atoms with Gasteiger partial charge in [0.15, 0.2) is 22.1 Å². The molecule has 2 aliphatic carbocycles. The van der Waals surface area contributed by atoms with Crippen molar-refractivity contribution in [3.8, 4) is 11.8 Å². The van der Waals surface area contributed by atoms with Gasteiger partial charge in [0.2, 0.25) is 5.82 Å². The van der Waals surface area contributed by atoms with Crippen molar-refractivity contribution in [1.82, 2.24) is 19.5 Å². The third-order valence-corrected chi connectivity index (χ3v) is 7.47. The van der Waals surface area contributed by atoms with Crippen LogP contribution in [0.2, 0.25) is 0 Å². The van der Waals surface area contributed by atoms with E-state index in [4.69, 9.17) is 0 Å². The smallest absolute Gasteiger partial charge is 0.209 e. The first kappa shape index (κ1) is 22.1. The molecule has 2 fully saturated rings. The zero-order valence-corrected chi connectivity index (χ0v) is 19.2. The summed E-state index contributed by atoms with van der Waals surface area (Å²) in [6.45, 7) is 0.473. The predicted molar refractivity (Wildman–Crippen MR) is 127 cm³/mol. The Bertz CT molecular complexity index is 1480. The van der Waals surface area contributed by atoms with E-state index in [1.165, 1.54) is 18.2 Å². The number of nitrogens with one attached hydrogen (secondary N) is 1. The number of nitrogens with zero attached hydrogens (tertiary/aromatic N) is 4. The molecule has 3 heterocycles. The van der Waals surface area contributed by atoms with Crippen molar-refractivity contribution in [2.45, 2.75) is 31.1 Å². The molecule has 0 saturated heterocycles. The van der Waals surface area contributed by atoms with Gasteiger partial charge in [-0.1, -0.05) is 23.5 Å². The summed E-state index contributed by atoms with van der Waals surface area (Å²) < 4.78 is 28.7. The van der Waals surface area contributed by atoms with Crippen LogP contribution in [0.3, 0.4) is 0 Å². The fraction of sp³-hybridized carbons (Fsp3) is 0.320. The van der Waals surface area contributed by atoms with Gasteiger partial charge >= 0.3 is 0 Å². The van der Waals surface area contributed by atoms with Crippen molar-refractivity contribution < 1.29 is 19.0 Å². The van der Waals surface area contributed by atoms with Gasteiger partial charge in [-0.25, -0.2) is 19.3 Å². The first-order valence-electron chi connectivity index (χ1n) is 11.3. The Morgan fingerprint density at radius 3 is 2.71 bits per heavy atom. The summed E-state index contributed by atoms with van der Waals surface area (Å²) in [6, 6.07) is 9.03. The van der Waals surface area contributed by atoms with Crippen LogP contribution >= 0.6 is 11.3 Å². The van der Waals surface area contributed by atoms with Gasteiger partial charge in [-0.3, -0.25) is 0 Å². The van der Waals surface area contributed by atoms with E-state index in [-0.39, 0.29) is 34.7 Å². The van der Waals surface area contributed by atoms with Crippen LogP contribution in [-0.2, 0) is 6.42 Å². The summed E-state index contributed by atoms with van der Waals surface area (Å²) in [5, 5.41) is 23.9. The molecule has 0 aliphatic heterocycles. The highest BCUT2D eigenvalue weighted by Crippen LogP contribution is 2.57. The molecule has 1 aromatic carbocycles. The maximum absolute atomic E-state index is 13.5.